The van der Waals surface area contributed by atoms with Crippen LogP contribution in [0.1, 0.15) is 5.56 Å². The molecule has 0 heterocycles. The zero-order chi connectivity index (χ0) is 8.97. The van der Waals surface area contributed by atoms with Crippen LogP contribution < -0.4 is 5.73 Å². The van der Waals surface area contributed by atoms with Crippen molar-refractivity contribution in [2.24, 2.45) is 0 Å². The largest absolute Gasteiger partial charge is 0.396 e. The molecule has 0 spiro atoms. The quantitative estimate of drug-likeness (QED) is 0.506. The molecular weight excluding hydrogens is 155 g/mol. The highest BCUT2D eigenvalue weighted by molar-refractivity contribution is 5.58. The van der Waals surface area contributed by atoms with E-state index in [4.69, 9.17) is 11.0 Å². The summed E-state index contributed by atoms with van der Waals surface area (Å²) < 4.78 is 13.0. The van der Waals surface area contributed by atoms with E-state index in [1.54, 1.807) is 18.2 Å². The van der Waals surface area contributed by atoms with Crippen LogP contribution in [-0.4, -0.2) is 0 Å². The third-order valence-electron chi connectivity index (χ3n) is 1.40. The maximum atomic E-state index is 13.0. The second kappa shape index (κ2) is 3.54. The Morgan fingerprint density at radius 3 is 2.92 bits per heavy atom. The third-order valence-corrected chi connectivity index (χ3v) is 1.40. The van der Waals surface area contributed by atoms with E-state index in [1.165, 1.54) is 18.2 Å². The van der Waals surface area contributed by atoms with Gasteiger partial charge >= 0.3 is 0 Å². The van der Waals surface area contributed by atoms with Gasteiger partial charge in [-0.1, -0.05) is 12.1 Å². The molecule has 12 heavy (non-hydrogen) atoms. The van der Waals surface area contributed by atoms with Gasteiger partial charge in [0, 0.05) is 11.6 Å². The standard InChI is InChI=1S/C9H7FN2/c10-9-7(4-2-6-11)3-1-5-8(9)12/h1-5H,12H2. The first kappa shape index (κ1) is 8.28. The van der Waals surface area contributed by atoms with E-state index in [2.05, 4.69) is 0 Å². The number of nitrogens with two attached hydrogens (primary N) is 1. The van der Waals surface area contributed by atoms with Crippen molar-refractivity contribution >= 4 is 11.8 Å². The van der Waals surface area contributed by atoms with E-state index in [9.17, 15) is 4.39 Å². The molecule has 0 atom stereocenters. The van der Waals surface area contributed by atoms with Crippen LogP contribution in [0, 0.1) is 17.1 Å². The van der Waals surface area contributed by atoms with Crippen LogP contribution in [0.15, 0.2) is 24.3 Å². The predicted molar refractivity (Wildman–Crippen MR) is 45.5 cm³/mol. The average Bonchev–Trinajstić information content (AvgIpc) is 2.08. The van der Waals surface area contributed by atoms with Gasteiger partial charge in [0.2, 0.25) is 0 Å². The third kappa shape index (κ3) is 1.61. The molecule has 2 N–H and O–H groups in total. The Morgan fingerprint density at radius 1 is 1.50 bits per heavy atom. The molecule has 1 rings (SSSR count). The first-order valence-electron chi connectivity index (χ1n) is 3.36. The Morgan fingerprint density at radius 2 is 2.25 bits per heavy atom. The minimum Gasteiger partial charge on any atom is -0.396 e. The number of anilines is 1. The number of benzene rings is 1. The molecule has 0 radical (unpaired) electrons. The van der Waals surface area contributed by atoms with Gasteiger partial charge in [-0.2, -0.15) is 5.26 Å². The van der Waals surface area contributed by atoms with Gasteiger partial charge in [-0.3, -0.25) is 0 Å². The van der Waals surface area contributed by atoms with Crippen molar-refractivity contribution in [1.29, 1.82) is 5.26 Å². The van der Waals surface area contributed by atoms with Gasteiger partial charge in [0.05, 0.1) is 11.8 Å². The molecule has 1 aromatic carbocycles. The van der Waals surface area contributed by atoms with Crippen molar-refractivity contribution in [2.75, 3.05) is 5.73 Å². The highest BCUT2D eigenvalue weighted by atomic mass is 19.1. The van der Waals surface area contributed by atoms with E-state index < -0.39 is 5.82 Å². The normalized spacial score (nSPS) is 10.0. The summed E-state index contributed by atoms with van der Waals surface area (Å²) in [5, 5.41) is 8.20. The van der Waals surface area contributed by atoms with Crippen molar-refractivity contribution < 1.29 is 4.39 Å². The smallest absolute Gasteiger partial charge is 0.153 e. The van der Waals surface area contributed by atoms with Crippen LogP contribution in [0.5, 0.6) is 0 Å². The number of hydrogen-bond donors (Lipinski definition) is 1. The zero-order valence-electron chi connectivity index (χ0n) is 6.29. The van der Waals surface area contributed by atoms with E-state index >= 15 is 0 Å². The molecule has 1 aromatic rings. The molecule has 3 heteroatoms. The van der Waals surface area contributed by atoms with Gasteiger partial charge in [-0.15, -0.1) is 0 Å². The highest BCUT2D eigenvalue weighted by Gasteiger charge is 2.00. The summed E-state index contributed by atoms with van der Waals surface area (Å²) in [5.74, 6) is -0.482. The van der Waals surface area contributed by atoms with Gasteiger partial charge < -0.3 is 5.73 Å². The molecule has 0 bridgehead atoms. The molecule has 2 nitrogen and oxygen atoms in total. The van der Waals surface area contributed by atoms with Gasteiger partial charge in [-0.25, -0.2) is 4.39 Å². The summed E-state index contributed by atoms with van der Waals surface area (Å²) in [7, 11) is 0. The van der Waals surface area contributed by atoms with Gasteiger partial charge in [0.15, 0.2) is 5.82 Å². The molecule has 0 aromatic heterocycles. The van der Waals surface area contributed by atoms with Gasteiger partial charge in [-0.05, 0) is 12.1 Å². The lowest BCUT2D eigenvalue weighted by Gasteiger charge is -1.98. The van der Waals surface area contributed by atoms with E-state index in [1.807, 2.05) is 0 Å². The second-order valence-electron chi connectivity index (χ2n) is 2.21. The summed E-state index contributed by atoms with van der Waals surface area (Å²) in [4.78, 5) is 0. The summed E-state index contributed by atoms with van der Waals surface area (Å²) in [6.07, 6.45) is 2.59. The van der Waals surface area contributed by atoms with Crippen molar-refractivity contribution in [1.82, 2.24) is 0 Å². The van der Waals surface area contributed by atoms with Crippen LogP contribution in [0.3, 0.4) is 0 Å². The number of nitrogen functional groups attached to an aromatic ring is 1. The summed E-state index contributed by atoms with van der Waals surface area (Å²) in [6.45, 7) is 0. The molecule has 0 saturated heterocycles. The van der Waals surface area contributed by atoms with Crippen molar-refractivity contribution in [3.63, 3.8) is 0 Å². The number of hydrogen-bond acceptors (Lipinski definition) is 2. The molecule has 0 aliphatic heterocycles. The molecule has 60 valence electrons. The average molecular weight is 162 g/mol. The topological polar surface area (TPSA) is 49.8 Å². The lowest BCUT2D eigenvalue weighted by atomic mass is 10.2. The van der Waals surface area contributed by atoms with Crippen molar-refractivity contribution in [3.05, 3.63) is 35.7 Å². The molecule has 0 aliphatic carbocycles. The molecular formula is C9H7FN2. The monoisotopic (exact) mass is 162 g/mol. The fourth-order valence-electron chi connectivity index (χ4n) is 0.824. The Balaban J connectivity index is 3.10. The number of halogens is 1. The minimum absolute atomic E-state index is 0.0927. The zero-order valence-corrected chi connectivity index (χ0v) is 6.29. The Kier molecular flexibility index (Phi) is 2.44. The predicted octanol–water partition coefficient (Wildman–Crippen LogP) is 1.94. The number of nitriles is 1. The number of rotatable bonds is 1. The van der Waals surface area contributed by atoms with Gasteiger partial charge in [0.25, 0.3) is 0 Å². The number of allylic oxidation sites excluding steroid dienone is 1. The van der Waals surface area contributed by atoms with E-state index in [0.29, 0.717) is 5.56 Å². The maximum absolute atomic E-state index is 13.0. The van der Waals surface area contributed by atoms with Crippen LogP contribution in [0.2, 0.25) is 0 Å². The molecule has 0 aliphatic rings. The lowest BCUT2D eigenvalue weighted by molar-refractivity contribution is 0.630. The van der Waals surface area contributed by atoms with Crippen molar-refractivity contribution in [2.45, 2.75) is 0 Å². The van der Waals surface area contributed by atoms with Crippen molar-refractivity contribution in [3.8, 4) is 6.07 Å². The fourth-order valence-corrected chi connectivity index (χ4v) is 0.824. The fraction of sp³-hybridized carbons (Fsp3) is 0. The van der Waals surface area contributed by atoms with Crippen LogP contribution >= 0.6 is 0 Å². The molecule has 0 unspecified atom stereocenters. The lowest BCUT2D eigenvalue weighted by Crippen LogP contribution is -1.91. The first-order chi connectivity index (χ1) is 5.75. The summed E-state index contributed by atoms with van der Waals surface area (Å²) in [6, 6.07) is 6.44. The minimum atomic E-state index is -0.482. The summed E-state index contributed by atoms with van der Waals surface area (Å²) >= 11 is 0. The maximum Gasteiger partial charge on any atom is 0.153 e. The molecule has 0 fully saturated rings. The van der Waals surface area contributed by atoms with Crippen LogP contribution in [0.4, 0.5) is 10.1 Å². The highest BCUT2D eigenvalue weighted by Crippen LogP contribution is 2.15. The van der Waals surface area contributed by atoms with Crippen LogP contribution in [-0.2, 0) is 0 Å². The first-order valence-corrected chi connectivity index (χ1v) is 3.36. The Hall–Kier alpha value is -1.82. The van der Waals surface area contributed by atoms with Gasteiger partial charge in [0.1, 0.15) is 0 Å². The Labute approximate surface area is 69.7 Å². The molecule has 0 amide bonds. The van der Waals surface area contributed by atoms with E-state index in [0.717, 1.165) is 0 Å². The summed E-state index contributed by atoms with van der Waals surface area (Å²) in [5.41, 5.74) is 5.72. The van der Waals surface area contributed by atoms with Crippen LogP contribution in [0.25, 0.3) is 6.08 Å². The SMILES string of the molecule is N#CC=Cc1cccc(N)c1F. The van der Waals surface area contributed by atoms with E-state index in [-0.39, 0.29) is 5.69 Å². The molecule has 0 saturated carbocycles. The Bertz CT molecular complexity index is 350. The second-order valence-corrected chi connectivity index (χ2v) is 2.21. The number of nitrogens with zero attached hydrogens (tertiary/aromatic N) is 1.